The third-order valence-corrected chi connectivity index (χ3v) is 9.04. The number of unbranched alkanes of at least 4 members (excludes halogenated alkanes) is 1. The lowest BCUT2D eigenvalue weighted by atomic mass is 9.96. The van der Waals surface area contributed by atoms with Crippen LogP contribution in [0.25, 0.3) is 21.7 Å². The number of halogens is 2. The second-order valence-electron chi connectivity index (χ2n) is 11.9. The Morgan fingerprint density at radius 1 is 0.851 bits per heavy atom. The highest BCUT2D eigenvalue weighted by Gasteiger charge is 2.24. The summed E-state index contributed by atoms with van der Waals surface area (Å²) in [6, 6.07) is 24.7. The van der Waals surface area contributed by atoms with Crippen LogP contribution in [0, 0.1) is 11.6 Å². The molecule has 0 saturated carbocycles. The van der Waals surface area contributed by atoms with Crippen LogP contribution in [-0.4, -0.2) is 34.7 Å². The van der Waals surface area contributed by atoms with Crippen molar-refractivity contribution in [2.75, 3.05) is 6.54 Å². The fourth-order valence-corrected chi connectivity index (χ4v) is 6.27. The molecule has 0 saturated heterocycles. The number of hydrogen-bond acceptors (Lipinski definition) is 5. The van der Waals surface area contributed by atoms with Crippen LogP contribution in [0.3, 0.4) is 0 Å². The van der Waals surface area contributed by atoms with Gasteiger partial charge >= 0.3 is 0 Å². The van der Waals surface area contributed by atoms with Gasteiger partial charge in [-0.3, -0.25) is 4.79 Å². The molecule has 1 amide bonds. The van der Waals surface area contributed by atoms with Crippen molar-refractivity contribution in [3.8, 4) is 21.7 Å². The van der Waals surface area contributed by atoms with E-state index >= 15 is 0 Å². The van der Waals surface area contributed by atoms with Crippen LogP contribution in [0.1, 0.15) is 59.3 Å². The van der Waals surface area contributed by atoms with Gasteiger partial charge in [-0.05, 0) is 89.4 Å². The normalized spacial score (nSPS) is 12.5. The number of nitrogens with zero attached hydrogens (tertiary/aromatic N) is 1. The summed E-state index contributed by atoms with van der Waals surface area (Å²) >= 11 is 1.48. The zero-order valence-corrected chi connectivity index (χ0v) is 27.6. The highest BCUT2D eigenvalue weighted by Crippen LogP contribution is 2.30. The zero-order valence-electron chi connectivity index (χ0n) is 26.8. The lowest BCUT2D eigenvalue weighted by Gasteiger charge is -2.25. The quantitative estimate of drug-likeness (QED) is 0.107. The molecule has 0 aliphatic heterocycles. The molecule has 244 valence electrons. The summed E-state index contributed by atoms with van der Waals surface area (Å²) < 4.78 is 28.2. The first-order valence-electron chi connectivity index (χ1n) is 16.2. The van der Waals surface area contributed by atoms with E-state index in [1.54, 1.807) is 12.3 Å². The van der Waals surface area contributed by atoms with Crippen LogP contribution in [0.4, 0.5) is 8.78 Å². The average Bonchev–Trinajstić information content (AvgIpc) is 3.62. The monoisotopic (exact) mass is 653 g/mol. The first-order chi connectivity index (χ1) is 22.8. The highest BCUT2D eigenvalue weighted by atomic mass is 32.1. The molecule has 8 heteroatoms. The Balaban J connectivity index is 1.40. The van der Waals surface area contributed by atoms with Crippen molar-refractivity contribution in [2.45, 2.75) is 64.6 Å². The molecule has 0 radical (unpaired) electrons. The molecular formula is C39H41F2N3O2S. The molecule has 5 aromatic rings. The summed E-state index contributed by atoms with van der Waals surface area (Å²) in [5, 5.41) is 20.3. The Kier molecular flexibility index (Phi) is 12.0. The maximum Gasteiger partial charge on any atom is 0.251 e. The van der Waals surface area contributed by atoms with Crippen molar-refractivity contribution >= 4 is 17.2 Å². The fourth-order valence-electron chi connectivity index (χ4n) is 5.64. The van der Waals surface area contributed by atoms with Crippen molar-refractivity contribution in [1.29, 1.82) is 0 Å². The number of aliphatic hydroxyl groups is 1. The number of nitrogens with one attached hydrogen (secondary N) is 2. The first kappa shape index (κ1) is 34.1. The topological polar surface area (TPSA) is 74.2 Å². The van der Waals surface area contributed by atoms with E-state index in [1.165, 1.54) is 34.6 Å². The van der Waals surface area contributed by atoms with Crippen molar-refractivity contribution in [1.82, 2.24) is 15.6 Å². The number of rotatable bonds is 15. The maximum atomic E-state index is 14.1. The first-order valence-corrected chi connectivity index (χ1v) is 17.1. The minimum atomic E-state index is -1.04. The molecule has 0 bridgehead atoms. The Morgan fingerprint density at radius 3 is 2.30 bits per heavy atom. The molecule has 2 unspecified atom stereocenters. The smallest absolute Gasteiger partial charge is 0.251 e. The number of carbonyl (C=O) groups excluding carboxylic acids is 1. The SMILES string of the molecule is CCCCc1ccc(-c2cc(C(=O)NC(Cc3cc(F)cc(F)c3)C(O)CNCc3cccc(CC)c3)cc(-c3nccs3)c2)cc1. The van der Waals surface area contributed by atoms with Gasteiger partial charge in [0.1, 0.15) is 16.6 Å². The van der Waals surface area contributed by atoms with Gasteiger partial charge in [-0.2, -0.15) is 0 Å². The number of amides is 1. The Hall–Kier alpha value is -4.24. The Morgan fingerprint density at radius 2 is 1.60 bits per heavy atom. The van der Waals surface area contributed by atoms with Crippen molar-refractivity contribution in [3.63, 3.8) is 0 Å². The summed E-state index contributed by atoms with van der Waals surface area (Å²) in [4.78, 5) is 18.4. The summed E-state index contributed by atoms with van der Waals surface area (Å²) in [6.07, 6.45) is 4.91. The van der Waals surface area contributed by atoms with Crippen molar-refractivity contribution in [2.24, 2.45) is 0 Å². The van der Waals surface area contributed by atoms with E-state index < -0.39 is 29.7 Å². The van der Waals surface area contributed by atoms with E-state index in [1.807, 2.05) is 29.6 Å². The maximum absolute atomic E-state index is 14.1. The minimum absolute atomic E-state index is 0.0346. The molecule has 1 heterocycles. The van der Waals surface area contributed by atoms with E-state index in [0.29, 0.717) is 17.7 Å². The van der Waals surface area contributed by atoms with Crippen molar-refractivity contribution in [3.05, 3.63) is 136 Å². The van der Waals surface area contributed by atoms with Gasteiger partial charge in [0, 0.05) is 41.9 Å². The summed E-state index contributed by atoms with van der Waals surface area (Å²) in [5.74, 6) is -1.83. The minimum Gasteiger partial charge on any atom is -0.390 e. The Labute approximate surface area is 279 Å². The third-order valence-electron chi connectivity index (χ3n) is 8.22. The Bertz CT molecular complexity index is 1740. The summed E-state index contributed by atoms with van der Waals surface area (Å²) in [5.41, 5.74) is 6.94. The molecule has 0 fully saturated rings. The largest absolute Gasteiger partial charge is 0.390 e. The van der Waals surface area contributed by atoms with Crippen LogP contribution in [0.5, 0.6) is 0 Å². The van der Waals surface area contributed by atoms with E-state index in [2.05, 4.69) is 65.9 Å². The molecule has 0 spiro atoms. The molecule has 5 rings (SSSR count). The van der Waals surface area contributed by atoms with E-state index in [-0.39, 0.29) is 13.0 Å². The van der Waals surface area contributed by atoms with Gasteiger partial charge in [0.05, 0.1) is 12.1 Å². The van der Waals surface area contributed by atoms with E-state index in [4.69, 9.17) is 0 Å². The van der Waals surface area contributed by atoms with Gasteiger partial charge in [-0.15, -0.1) is 11.3 Å². The van der Waals surface area contributed by atoms with E-state index in [0.717, 1.165) is 59.0 Å². The molecule has 3 N–H and O–H groups in total. The summed E-state index contributed by atoms with van der Waals surface area (Å²) in [6.45, 7) is 4.96. The van der Waals surface area contributed by atoms with Crippen LogP contribution in [0.2, 0.25) is 0 Å². The van der Waals surface area contributed by atoms with Crippen LogP contribution < -0.4 is 10.6 Å². The molecule has 0 aliphatic rings. The molecule has 2 atom stereocenters. The van der Waals surface area contributed by atoms with Gasteiger partial charge in [-0.1, -0.05) is 68.8 Å². The predicted molar refractivity (Wildman–Crippen MR) is 186 cm³/mol. The lowest BCUT2D eigenvalue weighted by molar-refractivity contribution is 0.0830. The van der Waals surface area contributed by atoms with Crippen LogP contribution >= 0.6 is 11.3 Å². The third kappa shape index (κ3) is 9.64. The summed E-state index contributed by atoms with van der Waals surface area (Å²) in [7, 11) is 0. The second kappa shape index (κ2) is 16.5. The zero-order chi connectivity index (χ0) is 33.2. The molecule has 4 aromatic carbocycles. The van der Waals surface area contributed by atoms with Gasteiger partial charge in [0.2, 0.25) is 0 Å². The lowest BCUT2D eigenvalue weighted by Crippen LogP contribution is -2.48. The number of hydrogen-bond donors (Lipinski definition) is 3. The van der Waals surface area contributed by atoms with Crippen molar-refractivity contribution < 1.29 is 18.7 Å². The molecule has 5 nitrogen and oxygen atoms in total. The van der Waals surface area contributed by atoms with Crippen LogP contribution in [-0.2, 0) is 25.8 Å². The van der Waals surface area contributed by atoms with Gasteiger partial charge < -0.3 is 15.7 Å². The number of aromatic nitrogens is 1. The van der Waals surface area contributed by atoms with Gasteiger partial charge in [0.25, 0.3) is 5.91 Å². The predicted octanol–water partition coefficient (Wildman–Crippen LogP) is 8.15. The second-order valence-corrected chi connectivity index (χ2v) is 12.8. The molecular weight excluding hydrogens is 613 g/mol. The van der Waals surface area contributed by atoms with Gasteiger partial charge in [0.15, 0.2) is 0 Å². The number of thiazole rings is 1. The van der Waals surface area contributed by atoms with Crippen LogP contribution in [0.15, 0.2) is 96.5 Å². The van der Waals surface area contributed by atoms with Gasteiger partial charge in [-0.25, -0.2) is 13.8 Å². The average molecular weight is 654 g/mol. The number of aryl methyl sites for hydroxylation is 2. The molecule has 0 aliphatic carbocycles. The number of aliphatic hydroxyl groups excluding tert-OH is 1. The molecule has 47 heavy (non-hydrogen) atoms. The fraction of sp³-hybridized carbons (Fsp3) is 0.282. The number of carbonyl (C=O) groups is 1. The standard InChI is InChI=1S/C39H41F2N3O2S/c1-3-5-7-27-10-12-30(13-11-27)31-20-32(22-33(21-31)39-43-14-15-47-39)38(46)44-36(19-29-17-34(40)23-35(41)18-29)37(45)25-42-24-28-9-6-8-26(4-2)16-28/h6,8-18,20-23,36-37,42,45H,3-5,7,19,24-25H2,1-2H3,(H,44,46). The number of benzene rings is 4. The highest BCUT2D eigenvalue weighted by molar-refractivity contribution is 7.13. The molecule has 1 aromatic heterocycles. The van der Waals surface area contributed by atoms with E-state index in [9.17, 15) is 18.7 Å².